The van der Waals surface area contributed by atoms with Gasteiger partial charge in [-0.1, -0.05) is 18.8 Å². The Kier molecular flexibility index (Phi) is 9.20. The number of rotatable bonds is 6. The molecule has 2 fully saturated rings. The van der Waals surface area contributed by atoms with Crippen molar-refractivity contribution in [2.24, 2.45) is 17.3 Å². The van der Waals surface area contributed by atoms with Gasteiger partial charge in [0.15, 0.2) is 0 Å². The van der Waals surface area contributed by atoms with Crippen molar-refractivity contribution in [3.63, 3.8) is 0 Å². The molecule has 1 saturated carbocycles. The van der Waals surface area contributed by atoms with E-state index in [4.69, 9.17) is 9.47 Å². The molecule has 34 heavy (non-hydrogen) atoms. The summed E-state index contributed by atoms with van der Waals surface area (Å²) in [6.07, 6.45) is 3.93. The van der Waals surface area contributed by atoms with Gasteiger partial charge in [-0.2, -0.15) is 0 Å². The molecular weight excluding hydrogens is 448 g/mol. The maximum atomic E-state index is 14.0. The number of hydrogen-bond donors (Lipinski definition) is 0. The van der Waals surface area contributed by atoms with Gasteiger partial charge in [-0.3, -0.25) is 9.69 Å². The number of carbonyl (C=O) groups is 2. The zero-order valence-electron chi connectivity index (χ0n) is 21.6. The Labute approximate surface area is 209 Å². The second-order valence-electron chi connectivity index (χ2n) is 10.7. The molecule has 1 saturated heterocycles. The minimum Gasteiger partial charge on any atom is -0.465 e. The summed E-state index contributed by atoms with van der Waals surface area (Å²) >= 11 is 1.31. The third-order valence-electron chi connectivity index (χ3n) is 6.57. The number of carbonyl (C=O) groups excluding carboxylic acids is 2. The summed E-state index contributed by atoms with van der Waals surface area (Å²) in [7, 11) is 1.39. The summed E-state index contributed by atoms with van der Waals surface area (Å²) < 4.78 is 10.6. The summed E-state index contributed by atoms with van der Waals surface area (Å²) in [5.74, 6) is 6.81. The predicted octanol–water partition coefficient (Wildman–Crippen LogP) is 4.81. The van der Waals surface area contributed by atoms with Gasteiger partial charge in [0.1, 0.15) is 4.88 Å². The molecule has 1 aromatic rings. The lowest BCUT2D eigenvalue weighted by atomic mass is 9.82. The molecule has 1 aliphatic heterocycles. The number of ether oxygens (including phenoxy) is 2. The Balaban J connectivity index is 1.99. The van der Waals surface area contributed by atoms with Crippen molar-refractivity contribution >= 4 is 28.9 Å². The van der Waals surface area contributed by atoms with Gasteiger partial charge in [0, 0.05) is 37.0 Å². The molecule has 1 atom stereocenters. The average Bonchev–Trinajstić information content (AvgIpc) is 3.21. The summed E-state index contributed by atoms with van der Waals surface area (Å²) in [5, 5.41) is 0. The highest BCUT2D eigenvalue weighted by atomic mass is 32.1. The second kappa shape index (κ2) is 11.7. The fourth-order valence-corrected chi connectivity index (χ4v) is 5.55. The van der Waals surface area contributed by atoms with Crippen LogP contribution >= 0.6 is 11.3 Å². The second-order valence-corrected chi connectivity index (χ2v) is 11.8. The molecule has 3 rings (SSSR count). The summed E-state index contributed by atoms with van der Waals surface area (Å²) in [6, 6.07) is 1.82. The first-order chi connectivity index (χ1) is 16.1. The number of thiophene rings is 1. The molecule has 7 heteroatoms. The summed E-state index contributed by atoms with van der Waals surface area (Å²) in [5.41, 5.74) is 0.479. The first kappa shape index (κ1) is 26.7. The van der Waals surface area contributed by atoms with Crippen LogP contribution < -0.4 is 4.90 Å². The monoisotopic (exact) mass is 488 g/mol. The lowest BCUT2D eigenvalue weighted by Gasteiger charge is -2.37. The third-order valence-corrected chi connectivity index (χ3v) is 7.59. The summed E-state index contributed by atoms with van der Waals surface area (Å²) in [6.45, 7) is 14.4. The van der Waals surface area contributed by atoms with Crippen LogP contribution in [0.25, 0.3) is 0 Å². The van der Waals surface area contributed by atoms with E-state index >= 15 is 0 Å². The fourth-order valence-electron chi connectivity index (χ4n) is 4.63. The molecule has 1 amide bonds. The normalized spacial score (nSPS) is 22.4. The van der Waals surface area contributed by atoms with Crippen molar-refractivity contribution in [3.05, 3.63) is 15.8 Å². The number of amides is 1. The Morgan fingerprint density at radius 2 is 1.88 bits per heavy atom. The number of hydrogen-bond acceptors (Lipinski definition) is 6. The van der Waals surface area contributed by atoms with E-state index < -0.39 is 5.97 Å². The van der Waals surface area contributed by atoms with Crippen LogP contribution in [-0.2, 0) is 14.3 Å². The molecule has 2 aliphatic rings. The lowest BCUT2D eigenvalue weighted by Crippen LogP contribution is -2.50. The van der Waals surface area contributed by atoms with Crippen LogP contribution in [0.1, 0.15) is 74.9 Å². The number of morpholine rings is 1. The first-order valence-corrected chi connectivity index (χ1v) is 13.3. The largest absolute Gasteiger partial charge is 0.465 e. The van der Waals surface area contributed by atoms with Crippen LogP contribution in [0.4, 0.5) is 5.69 Å². The average molecular weight is 489 g/mol. The number of anilines is 1. The molecule has 0 N–H and O–H groups in total. The lowest BCUT2D eigenvalue weighted by molar-refractivity contribution is -0.124. The van der Waals surface area contributed by atoms with E-state index in [1.54, 1.807) is 0 Å². The van der Waals surface area contributed by atoms with Crippen molar-refractivity contribution in [2.75, 3.05) is 44.9 Å². The number of nitrogens with zero attached hydrogens (tertiary/aromatic N) is 2. The molecule has 0 bridgehead atoms. The van der Waals surface area contributed by atoms with E-state index in [9.17, 15) is 9.59 Å². The minimum atomic E-state index is -0.419. The highest BCUT2D eigenvalue weighted by molar-refractivity contribution is 7.15. The van der Waals surface area contributed by atoms with Gasteiger partial charge in [0.25, 0.3) is 0 Å². The Hall–Kier alpha value is -1.88. The van der Waals surface area contributed by atoms with Gasteiger partial charge in [-0.05, 0) is 65.4 Å². The first-order valence-electron chi connectivity index (χ1n) is 12.5. The van der Waals surface area contributed by atoms with Crippen LogP contribution in [0.3, 0.4) is 0 Å². The van der Waals surface area contributed by atoms with Crippen molar-refractivity contribution in [1.29, 1.82) is 0 Å². The van der Waals surface area contributed by atoms with Crippen LogP contribution in [0.5, 0.6) is 0 Å². The van der Waals surface area contributed by atoms with Gasteiger partial charge >= 0.3 is 5.97 Å². The van der Waals surface area contributed by atoms with Crippen LogP contribution in [0.15, 0.2) is 6.07 Å². The third kappa shape index (κ3) is 7.07. The molecule has 6 nitrogen and oxygen atoms in total. The Morgan fingerprint density at radius 1 is 1.24 bits per heavy atom. The molecule has 188 valence electrons. The van der Waals surface area contributed by atoms with Crippen LogP contribution in [0, 0.1) is 29.1 Å². The van der Waals surface area contributed by atoms with E-state index in [-0.39, 0.29) is 23.3 Å². The number of esters is 1. The van der Waals surface area contributed by atoms with Crippen molar-refractivity contribution < 1.29 is 19.1 Å². The van der Waals surface area contributed by atoms with E-state index in [1.165, 1.54) is 18.4 Å². The molecule has 0 radical (unpaired) electrons. The highest BCUT2D eigenvalue weighted by Gasteiger charge is 2.35. The van der Waals surface area contributed by atoms with Crippen LogP contribution in [-0.4, -0.2) is 62.8 Å². The highest BCUT2D eigenvalue weighted by Crippen LogP contribution is 2.36. The maximum absolute atomic E-state index is 14.0. The van der Waals surface area contributed by atoms with Crippen molar-refractivity contribution in [1.82, 2.24) is 4.90 Å². The van der Waals surface area contributed by atoms with Gasteiger partial charge in [0.2, 0.25) is 5.91 Å². The fraction of sp³-hybridized carbons (Fsp3) is 0.704. The van der Waals surface area contributed by atoms with Gasteiger partial charge < -0.3 is 14.4 Å². The summed E-state index contributed by atoms with van der Waals surface area (Å²) in [4.78, 5) is 32.2. The topological polar surface area (TPSA) is 59.1 Å². The Bertz CT molecular complexity index is 909. The predicted molar refractivity (Wildman–Crippen MR) is 137 cm³/mol. The van der Waals surface area contributed by atoms with Crippen LogP contribution in [0.2, 0.25) is 0 Å². The molecule has 1 aromatic heterocycles. The van der Waals surface area contributed by atoms with Crippen molar-refractivity contribution in [2.45, 2.75) is 66.3 Å². The minimum absolute atomic E-state index is 0.0159. The zero-order chi connectivity index (χ0) is 24.9. The van der Waals surface area contributed by atoms with Gasteiger partial charge in [-0.25, -0.2) is 4.79 Å². The SMILES string of the molecule is COC(=O)c1sc(C#CC(C)(C)C)cc1N(C(=O)C1CCC(C)CC1)C(C)CN1CCOCC1. The van der Waals surface area contributed by atoms with Crippen molar-refractivity contribution in [3.8, 4) is 11.8 Å². The molecule has 0 spiro atoms. The van der Waals surface area contributed by atoms with E-state index in [0.29, 0.717) is 29.7 Å². The Morgan fingerprint density at radius 3 is 2.47 bits per heavy atom. The quantitative estimate of drug-likeness (QED) is 0.425. The molecule has 2 heterocycles. The molecular formula is C27H40N2O4S. The van der Waals surface area contributed by atoms with Gasteiger partial charge in [0.05, 0.1) is 30.9 Å². The van der Waals surface area contributed by atoms with E-state index in [1.807, 2.05) is 11.0 Å². The number of methoxy groups -OCH3 is 1. The van der Waals surface area contributed by atoms with Gasteiger partial charge in [-0.15, -0.1) is 11.3 Å². The smallest absolute Gasteiger partial charge is 0.350 e. The maximum Gasteiger partial charge on any atom is 0.350 e. The van der Waals surface area contributed by atoms with E-state index in [2.05, 4.69) is 51.4 Å². The zero-order valence-corrected chi connectivity index (χ0v) is 22.4. The molecule has 1 unspecified atom stereocenters. The molecule has 0 aromatic carbocycles. The molecule has 1 aliphatic carbocycles. The standard InChI is InChI=1S/C27H40N2O4S/c1-19-7-9-21(10-8-19)25(30)29(20(2)18-28-13-15-33-16-14-28)23-17-22(11-12-27(3,4)5)34-24(23)26(31)32-6/h17,19-21H,7-10,13-16,18H2,1-6H3. The van der Waals surface area contributed by atoms with E-state index in [0.717, 1.165) is 50.2 Å².